The van der Waals surface area contributed by atoms with Crippen LogP contribution in [-0.2, 0) is 14.3 Å². The summed E-state index contributed by atoms with van der Waals surface area (Å²) in [5, 5.41) is 3.53. The van der Waals surface area contributed by atoms with Gasteiger partial charge in [0, 0.05) is 36.2 Å². The molecular weight excluding hydrogens is 388 g/mol. The maximum atomic E-state index is 12.3. The summed E-state index contributed by atoms with van der Waals surface area (Å²) in [5.41, 5.74) is 0.269. The van der Waals surface area contributed by atoms with E-state index in [4.69, 9.17) is 18.9 Å². The number of nitrogens with zero attached hydrogens (tertiary/aromatic N) is 1. The summed E-state index contributed by atoms with van der Waals surface area (Å²) in [4.78, 5) is 27.2. The fourth-order valence-electron chi connectivity index (χ4n) is 3.12. The van der Waals surface area contributed by atoms with Crippen LogP contribution in [0, 0.1) is 0 Å². The molecule has 1 aliphatic carbocycles. The van der Waals surface area contributed by atoms with Crippen molar-refractivity contribution in [1.82, 2.24) is 4.98 Å². The molecule has 2 aromatic carbocycles. The van der Waals surface area contributed by atoms with Gasteiger partial charge >= 0.3 is 0 Å². The molecule has 30 heavy (non-hydrogen) atoms. The van der Waals surface area contributed by atoms with Gasteiger partial charge in [0.2, 0.25) is 0 Å². The number of aromatic nitrogens is 1. The van der Waals surface area contributed by atoms with Crippen LogP contribution in [0.15, 0.2) is 48.7 Å². The number of pyridine rings is 1. The van der Waals surface area contributed by atoms with E-state index < -0.39 is 5.60 Å². The molecule has 0 aliphatic heterocycles. The van der Waals surface area contributed by atoms with Gasteiger partial charge in [-0.15, -0.1) is 0 Å². The standard InChI is InChI=1S/C22H20N2O6/c1-27-19-11-16-17(12-20(19)28-2)23-10-7-18(16)30-15-5-3-14(4-6-15)24-21(26)22(8-9-22)29-13-25/h3-7,10-13H,8-9H2,1-2H3,(H,24,26). The number of hydrogen-bond acceptors (Lipinski definition) is 7. The molecule has 0 radical (unpaired) electrons. The van der Waals surface area contributed by atoms with Gasteiger partial charge in [-0.25, -0.2) is 0 Å². The maximum Gasteiger partial charge on any atom is 0.294 e. The highest BCUT2D eigenvalue weighted by molar-refractivity contribution is 6.00. The molecule has 0 spiro atoms. The molecule has 4 rings (SSSR count). The molecular formula is C22H20N2O6. The first-order valence-electron chi connectivity index (χ1n) is 9.30. The number of hydrogen-bond donors (Lipinski definition) is 1. The number of carbonyl (C=O) groups excluding carboxylic acids is 2. The van der Waals surface area contributed by atoms with Gasteiger partial charge in [-0.05, 0) is 36.4 Å². The molecule has 0 atom stereocenters. The molecule has 1 N–H and O–H groups in total. The summed E-state index contributed by atoms with van der Waals surface area (Å²) in [6.07, 6.45) is 2.71. The zero-order valence-electron chi connectivity index (χ0n) is 16.5. The molecule has 0 bridgehead atoms. The van der Waals surface area contributed by atoms with Gasteiger partial charge < -0.3 is 24.3 Å². The number of carbonyl (C=O) groups is 2. The van der Waals surface area contributed by atoms with Crippen molar-refractivity contribution in [2.45, 2.75) is 18.4 Å². The average Bonchev–Trinajstić information content (AvgIpc) is 3.55. The zero-order chi connectivity index (χ0) is 21.1. The zero-order valence-corrected chi connectivity index (χ0v) is 16.5. The number of nitrogens with one attached hydrogen (secondary N) is 1. The van der Waals surface area contributed by atoms with Crippen molar-refractivity contribution >= 4 is 29.0 Å². The van der Waals surface area contributed by atoms with Crippen LogP contribution in [0.1, 0.15) is 12.8 Å². The molecule has 8 nitrogen and oxygen atoms in total. The number of fused-ring (bicyclic) bond motifs is 1. The number of methoxy groups -OCH3 is 2. The van der Waals surface area contributed by atoms with Gasteiger partial charge in [0.25, 0.3) is 12.4 Å². The summed E-state index contributed by atoms with van der Waals surface area (Å²) in [6.45, 7) is 0.313. The van der Waals surface area contributed by atoms with Crippen LogP contribution in [0.2, 0.25) is 0 Å². The van der Waals surface area contributed by atoms with E-state index in [1.165, 1.54) is 0 Å². The maximum absolute atomic E-state index is 12.3. The second-order valence-corrected chi connectivity index (χ2v) is 6.82. The van der Waals surface area contributed by atoms with Crippen LogP contribution >= 0.6 is 0 Å². The van der Waals surface area contributed by atoms with Crippen molar-refractivity contribution in [3.05, 3.63) is 48.7 Å². The molecule has 1 aliphatic rings. The SMILES string of the molecule is COc1cc2nccc(Oc3ccc(NC(=O)C4(OC=O)CC4)cc3)c2cc1OC. The van der Waals surface area contributed by atoms with Crippen LogP contribution in [0.3, 0.4) is 0 Å². The minimum atomic E-state index is -1.02. The number of rotatable bonds is 8. The quantitative estimate of drug-likeness (QED) is 0.568. The van der Waals surface area contributed by atoms with Crippen LogP contribution in [-0.4, -0.2) is 37.2 Å². The van der Waals surface area contributed by atoms with E-state index in [-0.39, 0.29) is 5.91 Å². The van der Waals surface area contributed by atoms with Crippen LogP contribution in [0.25, 0.3) is 10.9 Å². The lowest BCUT2D eigenvalue weighted by Gasteiger charge is -2.14. The molecule has 1 amide bonds. The van der Waals surface area contributed by atoms with Crippen molar-refractivity contribution in [2.24, 2.45) is 0 Å². The van der Waals surface area contributed by atoms with E-state index in [1.807, 2.05) is 6.07 Å². The topological polar surface area (TPSA) is 96.0 Å². The van der Waals surface area contributed by atoms with Crippen molar-refractivity contribution < 1.29 is 28.5 Å². The Hall–Kier alpha value is -3.81. The van der Waals surface area contributed by atoms with Crippen molar-refractivity contribution in [3.63, 3.8) is 0 Å². The smallest absolute Gasteiger partial charge is 0.294 e. The first-order valence-corrected chi connectivity index (χ1v) is 9.30. The van der Waals surface area contributed by atoms with E-state index in [0.29, 0.717) is 53.5 Å². The first-order chi connectivity index (χ1) is 14.6. The van der Waals surface area contributed by atoms with Gasteiger partial charge in [0.05, 0.1) is 19.7 Å². The van der Waals surface area contributed by atoms with E-state index in [1.54, 1.807) is 56.8 Å². The second-order valence-electron chi connectivity index (χ2n) is 6.82. The Labute approximate surface area is 172 Å². The van der Waals surface area contributed by atoms with E-state index in [0.717, 1.165) is 5.39 Å². The first kappa shape index (κ1) is 19.5. The minimum absolute atomic E-state index is 0.313. The molecule has 8 heteroatoms. The highest BCUT2D eigenvalue weighted by Crippen LogP contribution is 2.40. The third-order valence-corrected chi connectivity index (χ3v) is 4.94. The Balaban J connectivity index is 1.53. The van der Waals surface area contributed by atoms with Gasteiger partial charge in [-0.2, -0.15) is 0 Å². The molecule has 1 aromatic heterocycles. The number of anilines is 1. The fraction of sp³-hybridized carbons (Fsp3) is 0.227. The Kier molecular flexibility index (Phi) is 5.14. The monoisotopic (exact) mass is 408 g/mol. The Morgan fingerprint density at radius 1 is 1.03 bits per heavy atom. The van der Waals surface area contributed by atoms with Crippen LogP contribution in [0.4, 0.5) is 5.69 Å². The van der Waals surface area contributed by atoms with Gasteiger partial charge in [0.1, 0.15) is 11.5 Å². The lowest BCUT2D eigenvalue weighted by atomic mass is 10.2. The highest BCUT2D eigenvalue weighted by atomic mass is 16.6. The van der Waals surface area contributed by atoms with Crippen molar-refractivity contribution in [1.29, 1.82) is 0 Å². The normalized spacial score (nSPS) is 13.9. The lowest BCUT2D eigenvalue weighted by Crippen LogP contribution is -2.32. The predicted octanol–water partition coefficient (Wildman–Crippen LogP) is 3.69. The summed E-state index contributed by atoms with van der Waals surface area (Å²) < 4.78 is 21.6. The summed E-state index contributed by atoms with van der Waals surface area (Å²) >= 11 is 0. The van der Waals surface area contributed by atoms with Gasteiger partial charge in [-0.1, -0.05) is 0 Å². The summed E-state index contributed by atoms with van der Waals surface area (Å²) in [6, 6.07) is 12.3. The third-order valence-electron chi connectivity index (χ3n) is 4.94. The number of benzene rings is 2. The summed E-state index contributed by atoms with van der Waals surface area (Å²) in [5.74, 6) is 2.02. The molecule has 1 fully saturated rings. The lowest BCUT2D eigenvalue weighted by molar-refractivity contribution is -0.144. The molecule has 0 saturated heterocycles. The molecule has 3 aromatic rings. The molecule has 1 heterocycles. The predicted molar refractivity (Wildman–Crippen MR) is 109 cm³/mol. The van der Waals surface area contributed by atoms with Crippen molar-refractivity contribution in [3.8, 4) is 23.0 Å². The van der Waals surface area contributed by atoms with E-state index in [2.05, 4.69) is 10.3 Å². The third kappa shape index (κ3) is 3.71. The molecule has 0 unspecified atom stereocenters. The molecule has 1 saturated carbocycles. The summed E-state index contributed by atoms with van der Waals surface area (Å²) in [7, 11) is 3.14. The van der Waals surface area contributed by atoms with E-state index >= 15 is 0 Å². The van der Waals surface area contributed by atoms with Crippen molar-refractivity contribution in [2.75, 3.05) is 19.5 Å². The largest absolute Gasteiger partial charge is 0.493 e. The Morgan fingerprint density at radius 2 is 1.73 bits per heavy atom. The Morgan fingerprint density at radius 3 is 2.37 bits per heavy atom. The van der Waals surface area contributed by atoms with Gasteiger partial charge in [-0.3, -0.25) is 14.6 Å². The molecule has 154 valence electrons. The number of ether oxygens (including phenoxy) is 4. The van der Waals surface area contributed by atoms with Crippen LogP contribution in [0.5, 0.6) is 23.0 Å². The van der Waals surface area contributed by atoms with Gasteiger partial charge in [0.15, 0.2) is 17.1 Å². The highest BCUT2D eigenvalue weighted by Gasteiger charge is 2.52. The Bertz CT molecular complexity index is 1090. The second kappa shape index (κ2) is 7.90. The van der Waals surface area contributed by atoms with Crippen LogP contribution < -0.4 is 19.5 Å². The average molecular weight is 408 g/mol. The minimum Gasteiger partial charge on any atom is -0.493 e. The number of amides is 1. The van der Waals surface area contributed by atoms with E-state index in [9.17, 15) is 9.59 Å². The fourth-order valence-corrected chi connectivity index (χ4v) is 3.12.